The number of guanidine groups is 1. The van der Waals surface area contributed by atoms with E-state index in [2.05, 4.69) is 41.9 Å². The summed E-state index contributed by atoms with van der Waals surface area (Å²) in [5.74, 6) is -6.05. The van der Waals surface area contributed by atoms with Gasteiger partial charge in [-0.25, -0.2) is 0 Å². The molecule has 0 bridgehead atoms. The lowest BCUT2D eigenvalue weighted by Gasteiger charge is -2.23. The number of hydrogen-bond acceptors (Lipinski definition) is 12. The van der Waals surface area contributed by atoms with Crippen LogP contribution in [0.2, 0.25) is 0 Å². The van der Waals surface area contributed by atoms with Gasteiger partial charge < -0.3 is 59.0 Å². The van der Waals surface area contributed by atoms with Crippen molar-refractivity contribution in [1.29, 1.82) is 0 Å². The van der Waals surface area contributed by atoms with Gasteiger partial charge in [-0.15, -0.1) is 0 Å². The third-order valence-corrected chi connectivity index (χ3v) is 10.4. The highest BCUT2D eigenvalue weighted by molar-refractivity contribution is 8.76. The number of aromatic amines is 1. The summed E-state index contributed by atoms with van der Waals surface area (Å²) in [6.45, 7) is -0.936. The molecule has 5 atom stereocenters. The number of para-hydroxylation sites is 1. The van der Waals surface area contributed by atoms with E-state index in [0.717, 1.165) is 10.9 Å². The number of benzene rings is 1. The zero-order valence-corrected chi connectivity index (χ0v) is 30.9. The Labute approximate surface area is 318 Å². The average molecular weight is 794 g/mol. The Bertz CT molecular complexity index is 1670. The molecule has 1 fully saturated rings. The second-order valence-electron chi connectivity index (χ2n) is 12.2. The second kappa shape index (κ2) is 22.2. The van der Waals surface area contributed by atoms with Gasteiger partial charge in [-0.3, -0.25) is 43.9 Å². The number of hydrogen-bond donors (Lipinski definition) is 12. The minimum absolute atomic E-state index is 0.0648. The van der Waals surface area contributed by atoms with Crippen LogP contribution in [0, 0.1) is 0 Å². The zero-order chi connectivity index (χ0) is 39.6. The molecule has 1 saturated heterocycles. The van der Waals surface area contributed by atoms with Crippen LogP contribution in [0.25, 0.3) is 10.9 Å². The van der Waals surface area contributed by atoms with Gasteiger partial charge in [-0.2, -0.15) is 0 Å². The minimum atomic E-state index is -1.67. The summed E-state index contributed by atoms with van der Waals surface area (Å²) in [5.41, 5.74) is 17.6. The van der Waals surface area contributed by atoms with Crippen LogP contribution in [0.3, 0.4) is 0 Å². The number of carbonyl (C=O) groups is 7. The third kappa shape index (κ3) is 15.1. The van der Waals surface area contributed by atoms with Crippen molar-refractivity contribution in [3.63, 3.8) is 0 Å². The van der Waals surface area contributed by atoms with Crippen molar-refractivity contribution in [2.45, 2.75) is 68.9 Å². The Balaban J connectivity index is 1.85. The molecule has 20 nitrogen and oxygen atoms in total. The number of primary amides is 1. The van der Waals surface area contributed by atoms with Crippen LogP contribution in [0.15, 0.2) is 35.5 Å². The normalized spacial score (nSPS) is 23.2. The number of carbonyl (C=O) groups excluding carboxylic acids is 6. The smallest absolute Gasteiger partial charge is 0.305 e. The summed E-state index contributed by atoms with van der Waals surface area (Å²) >= 11 is 0. The Hall–Kier alpha value is -5.06. The molecule has 15 N–H and O–H groups in total. The summed E-state index contributed by atoms with van der Waals surface area (Å²) < 4.78 is 0. The number of nitrogens with one attached hydrogen (secondary N) is 7. The number of nitrogens with zero attached hydrogens (tertiary/aromatic N) is 1. The summed E-state index contributed by atoms with van der Waals surface area (Å²) in [5, 5.41) is 35.9. The van der Waals surface area contributed by atoms with Gasteiger partial charge >= 0.3 is 5.97 Å². The first kappa shape index (κ1) is 43.3. The van der Waals surface area contributed by atoms with Gasteiger partial charge in [0.25, 0.3) is 0 Å². The summed E-state index contributed by atoms with van der Waals surface area (Å²) in [4.78, 5) is 96.7. The number of carboxylic acids is 1. The zero-order valence-electron chi connectivity index (χ0n) is 29.3. The number of nitrogens with two attached hydrogens (primary N) is 3. The summed E-state index contributed by atoms with van der Waals surface area (Å²) in [7, 11) is 2.49. The van der Waals surface area contributed by atoms with Crippen LogP contribution in [-0.2, 0) is 40.0 Å². The number of carboxylic acid groups (broad SMARTS) is 1. The van der Waals surface area contributed by atoms with Crippen molar-refractivity contribution >= 4 is 79.9 Å². The number of aliphatic imine (C=N–C) groups is 1. The van der Waals surface area contributed by atoms with E-state index in [-0.39, 0.29) is 31.0 Å². The topological polar surface area (TPSA) is 338 Å². The first-order chi connectivity index (χ1) is 25.7. The first-order valence-corrected chi connectivity index (χ1v) is 19.5. The molecule has 1 aromatic heterocycles. The fourth-order valence-electron chi connectivity index (χ4n) is 5.26. The molecule has 3 rings (SSSR count). The molecule has 1 aliphatic rings. The molecular weight excluding hydrogens is 747 g/mol. The van der Waals surface area contributed by atoms with Gasteiger partial charge in [0.05, 0.1) is 25.6 Å². The number of amides is 6. The van der Waals surface area contributed by atoms with Gasteiger partial charge in [0, 0.05) is 41.6 Å². The number of H-pyrrole nitrogens is 1. The Morgan fingerprint density at radius 2 is 1.54 bits per heavy atom. The number of aromatic nitrogens is 1. The Morgan fingerprint density at radius 3 is 2.22 bits per heavy atom. The van der Waals surface area contributed by atoms with E-state index in [1.54, 1.807) is 30.5 Å². The fourth-order valence-corrected chi connectivity index (χ4v) is 7.52. The number of rotatable bonds is 10. The predicted octanol–water partition coefficient (Wildman–Crippen LogP) is -3.14. The number of aliphatic hydroxyl groups excluding tert-OH is 1. The van der Waals surface area contributed by atoms with Crippen LogP contribution < -0.4 is 49.1 Å². The Kier molecular flexibility index (Phi) is 17.8. The molecule has 0 radical (unpaired) electrons. The molecule has 1 aromatic carbocycles. The minimum Gasteiger partial charge on any atom is -0.481 e. The molecule has 2 heterocycles. The number of aliphatic carboxylic acids is 1. The van der Waals surface area contributed by atoms with Gasteiger partial charge in [0.2, 0.25) is 35.4 Å². The monoisotopic (exact) mass is 793 g/mol. The highest BCUT2D eigenvalue weighted by Crippen LogP contribution is 2.23. The van der Waals surface area contributed by atoms with Crippen LogP contribution in [0.1, 0.15) is 37.7 Å². The lowest BCUT2D eigenvalue weighted by atomic mass is 10.0. The van der Waals surface area contributed by atoms with Crippen molar-refractivity contribution in [1.82, 2.24) is 36.9 Å². The summed E-state index contributed by atoms with van der Waals surface area (Å²) in [6.07, 6.45) is 0.867. The number of fused-ring (bicyclic) bond motifs is 1. The van der Waals surface area contributed by atoms with E-state index in [4.69, 9.17) is 17.2 Å². The summed E-state index contributed by atoms with van der Waals surface area (Å²) in [6, 6.07) is 2.07. The standard InChI is InChI=1S/C32H47N11O9S2/c33-28(49)23-16-54-53-10-8-24(44)40-20(7-3-4-9-36-32(34)35)29(50)38-14-25(45)41-22(12-27(47)48)31(52)43-21(30(51)39-15-26(46)42-23)11-17-13-37-19-6-2-1-5-18(17)19/h1-2,5-6,13,20-24,37,40,44H,3-4,7-12,14-16H2,(H2,33,49)(H,38,50)(H,39,51)(H,41,45)(H,42,46)(H,43,52)(H,47,48)(H4,34,35,36)/t20-,21+,22-,23-,24?/m0/s1. The van der Waals surface area contributed by atoms with E-state index in [1.165, 1.54) is 21.6 Å². The first-order valence-electron chi connectivity index (χ1n) is 17.0. The predicted molar refractivity (Wildman–Crippen MR) is 202 cm³/mol. The maximum absolute atomic E-state index is 13.5. The molecular formula is C32H47N11O9S2. The molecule has 1 aliphatic heterocycles. The molecule has 0 spiro atoms. The van der Waals surface area contributed by atoms with E-state index in [9.17, 15) is 43.8 Å². The average Bonchev–Trinajstić information content (AvgIpc) is 3.52. The molecule has 22 heteroatoms. The van der Waals surface area contributed by atoms with Gasteiger partial charge in [-0.05, 0) is 37.3 Å². The lowest BCUT2D eigenvalue weighted by Crippen LogP contribution is -2.57. The van der Waals surface area contributed by atoms with Crippen LogP contribution in [0.5, 0.6) is 0 Å². The molecule has 54 heavy (non-hydrogen) atoms. The van der Waals surface area contributed by atoms with Crippen LogP contribution in [-0.4, -0.2) is 124 Å². The molecule has 2 aromatic rings. The quantitative estimate of drug-likeness (QED) is 0.0490. The second-order valence-corrected chi connectivity index (χ2v) is 14.9. The van der Waals surface area contributed by atoms with Crippen molar-refractivity contribution in [3.05, 3.63) is 36.0 Å². The molecule has 296 valence electrons. The van der Waals surface area contributed by atoms with E-state index >= 15 is 0 Å². The van der Waals surface area contributed by atoms with Crippen LogP contribution in [0.4, 0.5) is 0 Å². The van der Waals surface area contributed by atoms with E-state index in [1.807, 2.05) is 0 Å². The highest BCUT2D eigenvalue weighted by atomic mass is 33.1. The van der Waals surface area contributed by atoms with Crippen molar-refractivity contribution < 1.29 is 43.8 Å². The third-order valence-electron chi connectivity index (χ3n) is 7.99. The SMILES string of the molecule is NC(=O)[C@@H]1CSSCCC(O)N[C@@H](CCCCN=C(N)N)C(=O)NCC(=O)N[C@@H](CC(=O)O)C(=O)N[C@H](Cc2c[nH]c3ccccc23)C(=O)NCC(=O)N1. The van der Waals surface area contributed by atoms with E-state index in [0.29, 0.717) is 30.7 Å². The van der Waals surface area contributed by atoms with Crippen molar-refractivity contribution in [2.75, 3.05) is 31.1 Å². The fraction of sp³-hybridized carbons (Fsp3) is 0.500. The van der Waals surface area contributed by atoms with Gasteiger partial charge in [0.15, 0.2) is 5.96 Å². The van der Waals surface area contributed by atoms with E-state index < -0.39 is 91.3 Å². The lowest BCUT2D eigenvalue weighted by molar-refractivity contribution is -0.141. The Morgan fingerprint density at radius 1 is 0.852 bits per heavy atom. The van der Waals surface area contributed by atoms with Gasteiger partial charge in [0.1, 0.15) is 24.4 Å². The molecule has 0 saturated carbocycles. The molecule has 1 unspecified atom stereocenters. The maximum atomic E-state index is 13.5. The number of unbranched alkanes of at least 4 members (excludes halogenated alkanes) is 1. The van der Waals surface area contributed by atoms with Crippen molar-refractivity contribution in [2.24, 2.45) is 22.2 Å². The highest BCUT2D eigenvalue weighted by Gasteiger charge is 2.30. The molecule has 6 amide bonds. The maximum Gasteiger partial charge on any atom is 0.305 e. The van der Waals surface area contributed by atoms with Crippen LogP contribution >= 0.6 is 21.6 Å². The van der Waals surface area contributed by atoms with Gasteiger partial charge in [-0.1, -0.05) is 39.8 Å². The van der Waals surface area contributed by atoms with Crippen molar-refractivity contribution in [3.8, 4) is 0 Å². The molecule has 0 aliphatic carbocycles. The largest absolute Gasteiger partial charge is 0.481 e. The number of aliphatic hydroxyl groups is 1.